The van der Waals surface area contributed by atoms with Crippen molar-refractivity contribution in [2.75, 3.05) is 18.0 Å². The fourth-order valence-corrected chi connectivity index (χ4v) is 3.68. The highest BCUT2D eigenvalue weighted by Gasteiger charge is 2.34. The molecular weight excluding hydrogens is 388 g/mol. The van der Waals surface area contributed by atoms with Gasteiger partial charge in [0.25, 0.3) is 5.56 Å². The van der Waals surface area contributed by atoms with Gasteiger partial charge >= 0.3 is 5.69 Å². The molecule has 2 amide bonds. The third-order valence-electron chi connectivity index (χ3n) is 5.37. The first-order valence-corrected chi connectivity index (χ1v) is 9.64. The van der Waals surface area contributed by atoms with E-state index in [1.165, 1.54) is 11.6 Å². The second-order valence-corrected chi connectivity index (χ2v) is 7.37. The lowest BCUT2D eigenvalue weighted by Gasteiger charge is -2.16. The summed E-state index contributed by atoms with van der Waals surface area (Å²) in [4.78, 5) is 57.9. The quantitative estimate of drug-likeness (QED) is 0.597. The summed E-state index contributed by atoms with van der Waals surface area (Å²) in [5.74, 6) is -0.185. The molecule has 1 aliphatic heterocycles. The molecule has 1 atom stereocenters. The van der Waals surface area contributed by atoms with Gasteiger partial charge in [-0.2, -0.15) is 0 Å². The van der Waals surface area contributed by atoms with Crippen LogP contribution in [0.5, 0.6) is 0 Å². The first-order valence-electron chi connectivity index (χ1n) is 9.64. The zero-order valence-corrected chi connectivity index (χ0v) is 16.7. The van der Waals surface area contributed by atoms with E-state index in [2.05, 4.69) is 15.3 Å². The van der Waals surface area contributed by atoms with Crippen molar-refractivity contribution in [2.45, 2.75) is 12.8 Å². The number of anilines is 1. The molecule has 1 fully saturated rings. The van der Waals surface area contributed by atoms with Crippen LogP contribution >= 0.6 is 0 Å². The van der Waals surface area contributed by atoms with Gasteiger partial charge in [-0.15, -0.1) is 0 Å². The largest absolute Gasteiger partial charge is 0.355 e. The first kappa shape index (κ1) is 19.6. The zero-order chi connectivity index (χ0) is 21.4. The van der Waals surface area contributed by atoms with Gasteiger partial charge in [-0.1, -0.05) is 18.2 Å². The van der Waals surface area contributed by atoms with E-state index >= 15 is 0 Å². The standard InChI is InChI=1S/C20H22N6O4/c1-24-17-16(19(29)25(2)20(24)30)22-14(23-17)8-9-21-18(28)12-10-15(27)26(11-12)13-6-4-3-5-7-13/h3-7,12H,8-11H2,1-2H3,(H,21,28)(H,22,23). The van der Waals surface area contributed by atoms with Crippen molar-refractivity contribution in [3.63, 3.8) is 0 Å². The van der Waals surface area contributed by atoms with Crippen LogP contribution in [0.4, 0.5) is 5.69 Å². The zero-order valence-electron chi connectivity index (χ0n) is 16.7. The molecule has 10 nitrogen and oxygen atoms in total. The minimum atomic E-state index is -0.451. The molecule has 3 aromatic rings. The van der Waals surface area contributed by atoms with E-state index in [9.17, 15) is 19.2 Å². The molecular formula is C20H22N6O4. The second kappa shape index (κ2) is 7.62. The van der Waals surface area contributed by atoms with Crippen LogP contribution in [0, 0.1) is 5.92 Å². The lowest BCUT2D eigenvalue weighted by molar-refractivity contribution is -0.126. The van der Waals surface area contributed by atoms with Crippen molar-refractivity contribution in [2.24, 2.45) is 20.0 Å². The van der Waals surface area contributed by atoms with Gasteiger partial charge in [-0.3, -0.25) is 23.5 Å². The summed E-state index contributed by atoms with van der Waals surface area (Å²) in [5, 5.41) is 2.83. The average molecular weight is 410 g/mol. The van der Waals surface area contributed by atoms with Crippen molar-refractivity contribution in [1.29, 1.82) is 0 Å². The molecule has 1 aliphatic rings. The predicted octanol–water partition coefficient (Wildman–Crippen LogP) is -0.328. The second-order valence-electron chi connectivity index (χ2n) is 7.37. The van der Waals surface area contributed by atoms with Crippen LogP contribution in [0.3, 0.4) is 0 Å². The van der Waals surface area contributed by atoms with Crippen molar-refractivity contribution < 1.29 is 9.59 Å². The highest BCUT2D eigenvalue weighted by Crippen LogP contribution is 2.24. The number of aryl methyl sites for hydroxylation is 1. The molecule has 0 radical (unpaired) electrons. The lowest BCUT2D eigenvalue weighted by Crippen LogP contribution is -2.36. The number of fused-ring (bicyclic) bond motifs is 1. The summed E-state index contributed by atoms with van der Waals surface area (Å²) >= 11 is 0. The van der Waals surface area contributed by atoms with Gasteiger partial charge in [-0.05, 0) is 12.1 Å². The summed E-state index contributed by atoms with van der Waals surface area (Å²) < 4.78 is 2.32. The minimum absolute atomic E-state index is 0.0737. The summed E-state index contributed by atoms with van der Waals surface area (Å²) in [6.45, 7) is 0.639. The van der Waals surface area contributed by atoms with E-state index in [1.54, 1.807) is 11.9 Å². The normalized spacial score (nSPS) is 16.4. The third-order valence-corrected chi connectivity index (χ3v) is 5.37. The van der Waals surface area contributed by atoms with Gasteiger partial charge in [0, 0.05) is 45.7 Å². The van der Waals surface area contributed by atoms with E-state index in [-0.39, 0.29) is 29.4 Å². The Morgan fingerprint density at radius 3 is 2.63 bits per heavy atom. The smallest absolute Gasteiger partial charge is 0.332 e. The number of nitrogens with one attached hydrogen (secondary N) is 2. The molecule has 0 spiro atoms. The van der Waals surface area contributed by atoms with Crippen LogP contribution in [0.25, 0.3) is 11.2 Å². The van der Waals surface area contributed by atoms with Crippen molar-refractivity contribution >= 4 is 28.7 Å². The Hall–Kier alpha value is -3.69. The number of hydrogen-bond donors (Lipinski definition) is 2. The molecule has 156 valence electrons. The van der Waals surface area contributed by atoms with Crippen LogP contribution < -0.4 is 21.5 Å². The number of amides is 2. The molecule has 0 bridgehead atoms. The average Bonchev–Trinajstić information content (AvgIpc) is 3.35. The Kier molecular flexibility index (Phi) is 4.98. The molecule has 30 heavy (non-hydrogen) atoms. The molecule has 1 saturated heterocycles. The van der Waals surface area contributed by atoms with Crippen molar-refractivity contribution in [1.82, 2.24) is 24.4 Å². The molecule has 0 aliphatic carbocycles. The highest BCUT2D eigenvalue weighted by molar-refractivity contribution is 6.00. The van der Waals surface area contributed by atoms with Crippen molar-refractivity contribution in [3.05, 3.63) is 57.0 Å². The fourth-order valence-electron chi connectivity index (χ4n) is 3.68. The van der Waals surface area contributed by atoms with Gasteiger partial charge < -0.3 is 15.2 Å². The summed E-state index contributed by atoms with van der Waals surface area (Å²) in [7, 11) is 2.96. The number of rotatable bonds is 5. The topological polar surface area (TPSA) is 122 Å². The number of benzene rings is 1. The van der Waals surface area contributed by atoms with Crippen LogP contribution in [0.15, 0.2) is 39.9 Å². The molecule has 2 N–H and O–H groups in total. The van der Waals surface area contributed by atoms with Gasteiger partial charge in [0.05, 0.1) is 5.92 Å². The maximum Gasteiger partial charge on any atom is 0.332 e. The number of aromatic amines is 1. The van der Waals surface area contributed by atoms with Crippen molar-refractivity contribution in [3.8, 4) is 0 Å². The number of imidazole rings is 1. The Bertz CT molecular complexity index is 1240. The highest BCUT2D eigenvalue weighted by atomic mass is 16.2. The van der Waals surface area contributed by atoms with Gasteiger partial charge in [0.15, 0.2) is 5.65 Å². The monoisotopic (exact) mass is 410 g/mol. The number of hydrogen-bond acceptors (Lipinski definition) is 5. The Morgan fingerprint density at radius 2 is 1.90 bits per heavy atom. The summed E-state index contributed by atoms with van der Waals surface area (Å²) in [6.07, 6.45) is 0.532. The van der Waals surface area contributed by atoms with Gasteiger partial charge in [0.2, 0.25) is 11.8 Å². The summed E-state index contributed by atoms with van der Waals surface area (Å²) in [6, 6.07) is 9.27. The Labute approximate surface area is 171 Å². The molecule has 2 aromatic heterocycles. The first-order chi connectivity index (χ1) is 14.4. The SMILES string of the molecule is Cn1c(=O)c2[nH]c(CCNC(=O)C3CC(=O)N(c4ccccc4)C3)nc2n(C)c1=O. The van der Waals surface area contributed by atoms with E-state index in [1.807, 2.05) is 30.3 Å². The molecule has 1 aromatic carbocycles. The fraction of sp³-hybridized carbons (Fsp3) is 0.350. The minimum Gasteiger partial charge on any atom is -0.355 e. The third kappa shape index (κ3) is 3.40. The number of nitrogens with zero attached hydrogens (tertiary/aromatic N) is 4. The molecule has 0 saturated carbocycles. The number of carbonyl (C=O) groups excluding carboxylic acids is 2. The molecule has 4 rings (SSSR count). The molecule has 3 heterocycles. The van der Waals surface area contributed by atoms with E-state index in [4.69, 9.17) is 0 Å². The predicted molar refractivity (Wildman–Crippen MR) is 110 cm³/mol. The number of carbonyl (C=O) groups is 2. The van der Waals surface area contributed by atoms with E-state index in [0.29, 0.717) is 25.3 Å². The van der Waals surface area contributed by atoms with E-state index in [0.717, 1.165) is 10.3 Å². The molecule has 1 unspecified atom stereocenters. The number of para-hydroxylation sites is 1. The number of aromatic nitrogens is 4. The van der Waals surface area contributed by atoms with Crippen LogP contribution in [0.2, 0.25) is 0 Å². The number of H-pyrrole nitrogens is 1. The van der Waals surface area contributed by atoms with Gasteiger partial charge in [-0.25, -0.2) is 9.78 Å². The Morgan fingerprint density at radius 1 is 1.17 bits per heavy atom. The summed E-state index contributed by atoms with van der Waals surface area (Å²) in [5.41, 5.74) is 0.423. The van der Waals surface area contributed by atoms with Crippen LogP contribution in [-0.2, 0) is 30.1 Å². The van der Waals surface area contributed by atoms with E-state index < -0.39 is 17.2 Å². The Balaban J connectivity index is 1.39. The molecule has 10 heteroatoms. The maximum absolute atomic E-state index is 12.5. The lowest BCUT2D eigenvalue weighted by atomic mass is 10.1. The van der Waals surface area contributed by atoms with Crippen LogP contribution in [0.1, 0.15) is 12.2 Å². The maximum atomic E-state index is 12.5. The van der Waals surface area contributed by atoms with Gasteiger partial charge in [0.1, 0.15) is 11.3 Å². The van der Waals surface area contributed by atoms with Crippen LogP contribution in [-0.4, -0.2) is 44.0 Å².